The normalized spacial score (nSPS) is 11.7. The molecule has 4 nitrogen and oxygen atoms in total. The van der Waals surface area contributed by atoms with Gasteiger partial charge in [-0.15, -0.1) is 0 Å². The fourth-order valence-corrected chi connectivity index (χ4v) is 2.49. The number of aryl methyl sites for hydroxylation is 1. The first-order chi connectivity index (χ1) is 11.4. The van der Waals surface area contributed by atoms with E-state index in [4.69, 9.17) is 0 Å². The maximum absolute atomic E-state index is 12.5. The number of hydrogen-bond donors (Lipinski definition) is 1. The van der Waals surface area contributed by atoms with Crippen LogP contribution in [0.2, 0.25) is 0 Å². The largest absolute Gasteiger partial charge is 0.416 e. The number of nitrogens with one attached hydrogen (secondary N) is 1. The predicted molar refractivity (Wildman–Crippen MR) is 83.3 cm³/mol. The van der Waals surface area contributed by atoms with Crippen LogP contribution >= 0.6 is 0 Å². The molecule has 1 N–H and O–H groups in total. The number of carbonyl (C=O) groups excluding carboxylic acids is 1. The Morgan fingerprint density at radius 2 is 1.79 bits per heavy atom. The van der Waals surface area contributed by atoms with Crippen LogP contribution in [0.3, 0.4) is 0 Å². The number of alkyl halides is 3. The summed E-state index contributed by atoms with van der Waals surface area (Å²) in [5.74, 6) is -0.328. The Morgan fingerprint density at radius 1 is 1.12 bits per heavy atom. The number of aromatic nitrogens is 2. The summed E-state index contributed by atoms with van der Waals surface area (Å²) < 4.78 is 39.1. The zero-order valence-electron chi connectivity index (χ0n) is 12.8. The van der Waals surface area contributed by atoms with E-state index in [9.17, 15) is 18.0 Å². The van der Waals surface area contributed by atoms with Gasteiger partial charge in [-0.1, -0.05) is 30.3 Å². The summed E-state index contributed by atoms with van der Waals surface area (Å²) in [5.41, 5.74) is 0.996. The molecule has 2 aromatic carbocycles. The third-order valence-corrected chi connectivity index (χ3v) is 3.69. The zero-order chi connectivity index (χ0) is 17.3. The van der Waals surface area contributed by atoms with Crippen LogP contribution in [0.15, 0.2) is 48.5 Å². The molecule has 1 amide bonds. The van der Waals surface area contributed by atoms with Crippen LogP contribution in [0.1, 0.15) is 21.6 Å². The minimum absolute atomic E-state index is 0.135. The van der Waals surface area contributed by atoms with Crippen molar-refractivity contribution in [2.75, 3.05) is 0 Å². The van der Waals surface area contributed by atoms with E-state index in [1.165, 1.54) is 16.8 Å². The highest BCUT2D eigenvalue weighted by Crippen LogP contribution is 2.29. The van der Waals surface area contributed by atoms with E-state index < -0.39 is 11.7 Å². The van der Waals surface area contributed by atoms with E-state index >= 15 is 0 Å². The van der Waals surface area contributed by atoms with E-state index in [0.717, 1.165) is 17.5 Å². The molecule has 24 heavy (non-hydrogen) atoms. The molecule has 0 aliphatic heterocycles. The highest BCUT2D eigenvalue weighted by molar-refractivity contribution is 6.04. The van der Waals surface area contributed by atoms with Crippen molar-refractivity contribution in [1.82, 2.24) is 15.1 Å². The molecule has 0 aliphatic rings. The van der Waals surface area contributed by atoms with Gasteiger partial charge >= 0.3 is 6.18 Å². The summed E-state index contributed by atoms with van der Waals surface area (Å²) in [7, 11) is 1.67. The van der Waals surface area contributed by atoms with Crippen LogP contribution in [0.4, 0.5) is 13.2 Å². The van der Waals surface area contributed by atoms with Gasteiger partial charge in [0, 0.05) is 19.0 Å². The monoisotopic (exact) mass is 333 g/mol. The molecule has 1 aromatic heterocycles. The van der Waals surface area contributed by atoms with Crippen molar-refractivity contribution in [2.24, 2.45) is 7.05 Å². The molecule has 0 saturated carbocycles. The number of nitrogens with zero attached hydrogens (tertiary/aromatic N) is 2. The Morgan fingerprint density at radius 3 is 2.46 bits per heavy atom. The molecule has 0 unspecified atom stereocenters. The van der Waals surface area contributed by atoms with Gasteiger partial charge in [0.15, 0.2) is 0 Å². The number of carbonyl (C=O) groups is 1. The molecule has 0 atom stereocenters. The van der Waals surface area contributed by atoms with Gasteiger partial charge in [0.05, 0.1) is 11.1 Å². The molecule has 0 aliphatic carbocycles. The third kappa shape index (κ3) is 3.10. The quantitative estimate of drug-likeness (QED) is 0.797. The maximum Gasteiger partial charge on any atom is 0.416 e. The summed E-state index contributed by atoms with van der Waals surface area (Å²) in [6.45, 7) is 0.135. The number of rotatable bonds is 3. The molecular formula is C17H14F3N3O. The SMILES string of the molecule is Cn1nc2ccccc2c1C(=O)NCc1ccc(C(F)(F)F)cc1. The van der Waals surface area contributed by atoms with Crippen LogP contribution < -0.4 is 5.32 Å². The van der Waals surface area contributed by atoms with Crippen LogP contribution in [0.25, 0.3) is 10.9 Å². The third-order valence-electron chi connectivity index (χ3n) is 3.69. The molecule has 3 aromatic rings. The van der Waals surface area contributed by atoms with Gasteiger partial charge in [0.1, 0.15) is 5.69 Å². The minimum atomic E-state index is -4.37. The van der Waals surface area contributed by atoms with Crippen molar-refractivity contribution in [3.05, 3.63) is 65.4 Å². The summed E-state index contributed by atoms with van der Waals surface area (Å²) in [5, 5.41) is 7.70. The second-order valence-corrected chi connectivity index (χ2v) is 5.37. The van der Waals surface area contributed by atoms with Gasteiger partial charge < -0.3 is 5.32 Å². The fraction of sp³-hybridized carbons (Fsp3) is 0.176. The highest BCUT2D eigenvalue weighted by Gasteiger charge is 2.29. The topological polar surface area (TPSA) is 46.9 Å². The van der Waals surface area contributed by atoms with Crippen molar-refractivity contribution in [2.45, 2.75) is 12.7 Å². The van der Waals surface area contributed by atoms with Crippen molar-refractivity contribution < 1.29 is 18.0 Å². The first-order valence-corrected chi connectivity index (χ1v) is 7.22. The molecule has 7 heteroatoms. The smallest absolute Gasteiger partial charge is 0.347 e. The van der Waals surface area contributed by atoms with Gasteiger partial charge in [0.25, 0.3) is 5.91 Å². The highest BCUT2D eigenvalue weighted by atomic mass is 19.4. The average molecular weight is 333 g/mol. The Hall–Kier alpha value is -2.83. The lowest BCUT2D eigenvalue weighted by atomic mass is 10.1. The van der Waals surface area contributed by atoms with Gasteiger partial charge in [-0.25, -0.2) is 0 Å². The standard InChI is InChI=1S/C17H14F3N3O/c1-23-15(13-4-2-3-5-14(13)22-23)16(24)21-10-11-6-8-12(9-7-11)17(18,19)20/h2-9H,10H2,1H3,(H,21,24). The van der Waals surface area contributed by atoms with E-state index in [1.807, 2.05) is 18.2 Å². The van der Waals surface area contributed by atoms with Crippen molar-refractivity contribution in [3.8, 4) is 0 Å². The van der Waals surface area contributed by atoms with Crippen LogP contribution in [0, 0.1) is 0 Å². The molecular weight excluding hydrogens is 319 g/mol. The molecule has 124 valence electrons. The molecule has 3 rings (SSSR count). The van der Waals surface area contributed by atoms with E-state index in [-0.39, 0.29) is 12.5 Å². The van der Waals surface area contributed by atoms with Crippen LogP contribution in [0.5, 0.6) is 0 Å². The Balaban J connectivity index is 1.74. The lowest BCUT2D eigenvalue weighted by molar-refractivity contribution is -0.137. The van der Waals surface area contributed by atoms with Crippen LogP contribution in [-0.2, 0) is 19.8 Å². The molecule has 0 fully saturated rings. The second-order valence-electron chi connectivity index (χ2n) is 5.37. The second kappa shape index (κ2) is 5.99. The average Bonchev–Trinajstić information content (AvgIpc) is 2.88. The van der Waals surface area contributed by atoms with Gasteiger partial charge in [-0.3, -0.25) is 9.48 Å². The number of benzene rings is 2. The van der Waals surface area contributed by atoms with Gasteiger partial charge in [0.2, 0.25) is 0 Å². The molecule has 0 radical (unpaired) electrons. The fourth-order valence-electron chi connectivity index (χ4n) is 2.49. The Kier molecular flexibility index (Phi) is 4.01. The first kappa shape index (κ1) is 16.0. The minimum Gasteiger partial charge on any atom is -0.347 e. The first-order valence-electron chi connectivity index (χ1n) is 7.22. The molecule has 0 saturated heterocycles. The van der Waals surface area contributed by atoms with Gasteiger partial charge in [-0.05, 0) is 23.8 Å². The summed E-state index contributed by atoms with van der Waals surface area (Å²) in [4.78, 5) is 12.4. The van der Waals surface area contributed by atoms with Gasteiger partial charge in [-0.2, -0.15) is 18.3 Å². The lowest BCUT2D eigenvalue weighted by Gasteiger charge is -2.09. The molecule has 0 spiro atoms. The van der Waals surface area contributed by atoms with Crippen molar-refractivity contribution >= 4 is 16.8 Å². The number of amides is 1. The predicted octanol–water partition coefficient (Wildman–Crippen LogP) is 3.52. The Labute approximate surface area is 135 Å². The molecule has 1 heterocycles. The van der Waals surface area contributed by atoms with E-state index in [1.54, 1.807) is 13.1 Å². The van der Waals surface area contributed by atoms with E-state index in [2.05, 4.69) is 10.4 Å². The number of fused-ring (bicyclic) bond motifs is 1. The molecule has 0 bridgehead atoms. The summed E-state index contributed by atoms with van der Waals surface area (Å²) in [6.07, 6.45) is -4.37. The van der Waals surface area contributed by atoms with Crippen molar-refractivity contribution in [1.29, 1.82) is 0 Å². The van der Waals surface area contributed by atoms with Crippen LogP contribution in [-0.4, -0.2) is 15.7 Å². The maximum atomic E-state index is 12.5. The number of hydrogen-bond acceptors (Lipinski definition) is 2. The summed E-state index contributed by atoms with van der Waals surface area (Å²) in [6, 6.07) is 12.0. The summed E-state index contributed by atoms with van der Waals surface area (Å²) >= 11 is 0. The van der Waals surface area contributed by atoms with E-state index in [0.29, 0.717) is 16.8 Å². The zero-order valence-corrected chi connectivity index (χ0v) is 12.8. The lowest BCUT2D eigenvalue weighted by Crippen LogP contribution is -2.25. The van der Waals surface area contributed by atoms with Crippen molar-refractivity contribution in [3.63, 3.8) is 0 Å². The Bertz CT molecular complexity index is 882. The number of halogens is 3.